The molecule has 0 fully saturated rings. The quantitative estimate of drug-likeness (QED) is 0.829. The maximum atomic E-state index is 12.5. The van der Waals surface area contributed by atoms with E-state index in [9.17, 15) is 9.59 Å². The van der Waals surface area contributed by atoms with Crippen molar-refractivity contribution in [2.24, 2.45) is 0 Å². The Hall–Kier alpha value is -2.47. The number of ether oxygens (including phenoxy) is 1. The fourth-order valence-electron chi connectivity index (χ4n) is 2.20. The second kappa shape index (κ2) is 7.88. The lowest BCUT2D eigenvalue weighted by Crippen LogP contribution is -2.31. The number of halogens is 1. The third-order valence-electron chi connectivity index (χ3n) is 3.41. The topological polar surface area (TPSA) is 80.0 Å². The molecule has 1 N–H and O–H groups in total. The third kappa shape index (κ3) is 4.52. The zero-order valence-corrected chi connectivity index (χ0v) is 14.2. The first-order chi connectivity index (χ1) is 11.4. The number of carbonyl (C=O) groups excluding carboxylic acids is 1. The van der Waals surface area contributed by atoms with Crippen LogP contribution < -0.4 is 4.74 Å². The van der Waals surface area contributed by atoms with Gasteiger partial charge in [0.1, 0.15) is 24.5 Å². The Labute approximate surface area is 144 Å². The lowest BCUT2D eigenvalue weighted by Gasteiger charge is -2.18. The summed E-state index contributed by atoms with van der Waals surface area (Å²) >= 11 is 5.88. The Morgan fingerprint density at radius 3 is 2.79 bits per heavy atom. The molecule has 0 aliphatic heterocycles. The van der Waals surface area contributed by atoms with E-state index in [0.717, 1.165) is 0 Å². The van der Waals surface area contributed by atoms with Gasteiger partial charge in [-0.25, -0.2) is 0 Å². The predicted octanol–water partition coefficient (Wildman–Crippen LogP) is 3.02. The van der Waals surface area contributed by atoms with Crippen molar-refractivity contribution in [3.8, 4) is 5.75 Å². The molecule has 0 saturated carbocycles. The average Bonchev–Trinajstić information content (AvgIpc) is 2.86. The Kier molecular flexibility index (Phi) is 5.87. The normalized spacial score (nSPS) is 10.5. The van der Waals surface area contributed by atoms with Crippen LogP contribution in [0.4, 0.5) is 0 Å². The number of aryl methyl sites for hydroxylation is 1. The molecule has 24 heavy (non-hydrogen) atoms. The highest BCUT2D eigenvalue weighted by Crippen LogP contribution is 2.20. The molecule has 0 bridgehead atoms. The van der Waals surface area contributed by atoms with E-state index in [0.29, 0.717) is 28.4 Å². The van der Waals surface area contributed by atoms with Gasteiger partial charge in [0.2, 0.25) is 0 Å². The van der Waals surface area contributed by atoms with Gasteiger partial charge in [-0.15, -0.1) is 0 Å². The second-order valence-electron chi connectivity index (χ2n) is 5.32. The number of carboxylic acid groups (broad SMARTS) is 1. The van der Waals surface area contributed by atoms with E-state index in [-0.39, 0.29) is 24.7 Å². The molecular formula is C17H18ClNO5. The number of hydrogen-bond donors (Lipinski definition) is 1. The molecule has 1 aromatic heterocycles. The lowest BCUT2D eigenvalue weighted by atomic mass is 10.1. The van der Waals surface area contributed by atoms with E-state index >= 15 is 0 Å². The van der Waals surface area contributed by atoms with Gasteiger partial charge in [0.05, 0.1) is 18.4 Å². The summed E-state index contributed by atoms with van der Waals surface area (Å²) < 4.78 is 10.7. The Bertz CT molecular complexity index is 740. The van der Waals surface area contributed by atoms with Crippen LogP contribution in [0, 0.1) is 6.92 Å². The summed E-state index contributed by atoms with van der Waals surface area (Å²) in [6.45, 7) is 2.33. The predicted molar refractivity (Wildman–Crippen MR) is 88.7 cm³/mol. The maximum absolute atomic E-state index is 12.5. The van der Waals surface area contributed by atoms with E-state index in [1.807, 2.05) is 0 Å². The first kappa shape index (κ1) is 17.9. The van der Waals surface area contributed by atoms with E-state index in [1.54, 1.807) is 38.2 Å². The van der Waals surface area contributed by atoms with E-state index in [4.69, 9.17) is 25.9 Å². The number of benzene rings is 1. The van der Waals surface area contributed by atoms with Gasteiger partial charge in [-0.05, 0) is 25.1 Å². The number of likely N-dealkylation sites (N-methyl/N-ethyl adjacent to an activating group) is 1. The summed E-state index contributed by atoms with van der Waals surface area (Å²) in [6.07, 6.45) is 1.06. The molecule has 0 spiro atoms. The first-order valence-electron chi connectivity index (χ1n) is 7.31. The molecule has 2 aromatic rings. The van der Waals surface area contributed by atoms with E-state index in [2.05, 4.69) is 0 Å². The van der Waals surface area contributed by atoms with Gasteiger partial charge >= 0.3 is 5.97 Å². The van der Waals surface area contributed by atoms with E-state index in [1.165, 1.54) is 11.2 Å². The van der Waals surface area contributed by atoms with Crippen molar-refractivity contribution in [3.05, 3.63) is 52.4 Å². The number of aliphatic carboxylic acids is 1. The molecule has 1 amide bonds. The fraction of sp³-hybridized carbons (Fsp3) is 0.294. The van der Waals surface area contributed by atoms with Crippen molar-refractivity contribution in [2.75, 3.05) is 20.2 Å². The molecule has 0 saturated heterocycles. The second-order valence-corrected chi connectivity index (χ2v) is 5.76. The van der Waals surface area contributed by atoms with Crippen LogP contribution in [0.15, 0.2) is 34.9 Å². The summed E-state index contributed by atoms with van der Waals surface area (Å²) in [5, 5.41) is 9.47. The summed E-state index contributed by atoms with van der Waals surface area (Å²) in [7, 11) is 1.63. The molecular weight excluding hydrogens is 334 g/mol. The van der Waals surface area contributed by atoms with Gasteiger partial charge in [0.25, 0.3) is 5.91 Å². The van der Waals surface area contributed by atoms with Crippen LogP contribution in [-0.2, 0) is 11.2 Å². The van der Waals surface area contributed by atoms with Crippen molar-refractivity contribution in [1.82, 2.24) is 4.90 Å². The highest BCUT2D eigenvalue weighted by atomic mass is 35.5. The zero-order valence-electron chi connectivity index (χ0n) is 13.4. The van der Waals surface area contributed by atoms with Crippen LogP contribution in [0.25, 0.3) is 0 Å². The number of carbonyl (C=O) groups is 2. The van der Waals surface area contributed by atoms with E-state index < -0.39 is 5.97 Å². The van der Waals surface area contributed by atoms with Gasteiger partial charge in [-0.3, -0.25) is 9.59 Å². The SMILES string of the molecule is Cc1coc(CC(=O)O)c1C(=O)N(C)CCOc1cccc(Cl)c1. The molecule has 0 atom stereocenters. The largest absolute Gasteiger partial charge is 0.492 e. The first-order valence-corrected chi connectivity index (χ1v) is 7.69. The maximum Gasteiger partial charge on any atom is 0.311 e. The van der Waals surface area contributed by atoms with Crippen LogP contribution >= 0.6 is 11.6 Å². The molecule has 1 heterocycles. The highest BCUT2D eigenvalue weighted by molar-refractivity contribution is 6.30. The minimum Gasteiger partial charge on any atom is -0.492 e. The highest BCUT2D eigenvalue weighted by Gasteiger charge is 2.23. The fourth-order valence-corrected chi connectivity index (χ4v) is 2.38. The van der Waals surface area contributed by atoms with Crippen molar-refractivity contribution < 1.29 is 23.8 Å². The van der Waals surface area contributed by atoms with Crippen molar-refractivity contribution in [1.29, 1.82) is 0 Å². The van der Waals surface area contributed by atoms with Gasteiger partial charge < -0.3 is 19.2 Å². The molecule has 0 aliphatic carbocycles. The van der Waals surface area contributed by atoms with Crippen LogP contribution in [0.1, 0.15) is 21.7 Å². The number of carboxylic acids is 1. The molecule has 128 valence electrons. The summed E-state index contributed by atoms with van der Waals surface area (Å²) in [5.74, 6) is -0.570. The number of nitrogens with zero attached hydrogens (tertiary/aromatic N) is 1. The van der Waals surface area contributed by atoms with Gasteiger partial charge in [0, 0.05) is 17.6 Å². The Morgan fingerprint density at radius 2 is 2.12 bits per heavy atom. The summed E-state index contributed by atoms with van der Waals surface area (Å²) in [5.41, 5.74) is 0.904. The Morgan fingerprint density at radius 1 is 1.38 bits per heavy atom. The molecule has 0 aliphatic rings. The van der Waals surface area contributed by atoms with Crippen molar-refractivity contribution in [3.63, 3.8) is 0 Å². The monoisotopic (exact) mass is 351 g/mol. The summed E-state index contributed by atoms with van der Waals surface area (Å²) in [6, 6.07) is 6.99. The Balaban J connectivity index is 1.97. The molecule has 1 aromatic carbocycles. The van der Waals surface area contributed by atoms with Crippen LogP contribution in [0.5, 0.6) is 5.75 Å². The number of hydrogen-bond acceptors (Lipinski definition) is 4. The van der Waals surface area contributed by atoms with Gasteiger partial charge in [-0.2, -0.15) is 0 Å². The lowest BCUT2D eigenvalue weighted by molar-refractivity contribution is -0.136. The third-order valence-corrected chi connectivity index (χ3v) is 3.65. The summed E-state index contributed by atoms with van der Waals surface area (Å²) in [4.78, 5) is 24.9. The van der Waals surface area contributed by atoms with Gasteiger partial charge in [-0.1, -0.05) is 17.7 Å². The average molecular weight is 352 g/mol. The minimum atomic E-state index is -1.05. The molecule has 0 radical (unpaired) electrons. The molecule has 0 unspecified atom stereocenters. The zero-order chi connectivity index (χ0) is 17.7. The minimum absolute atomic E-state index is 0.160. The molecule has 6 nitrogen and oxygen atoms in total. The smallest absolute Gasteiger partial charge is 0.311 e. The van der Waals surface area contributed by atoms with Crippen LogP contribution in [-0.4, -0.2) is 42.1 Å². The van der Waals surface area contributed by atoms with Gasteiger partial charge in [0.15, 0.2) is 0 Å². The molecule has 2 rings (SSSR count). The van der Waals surface area contributed by atoms with Crippen LogP contribution in [0.3, 0.4) is 0 Å². The number of amides is 1. The van der Waals surface area contributed by atoms with Crippen molar-refractivity contribution >= 4 is 23.5 Å². The number of rotatable bonds is 7. The standard InChI is InChI=1S/C17H18ClNO5/c1-11-10-24-14(9-15(20)21)16(11)17(22)19(2)6-7-23-13-5-3-4-12(18)8-13/h3-5,8,10H,6-7,9H2,1-2H3,(H,20,21). The van der Waals surface area contributed by atoms with Crippen molar-refractivity contribution in [2.45, 2.75) is 13.3 Å². The molecule has 7 heteroatoms. The van der Waals surface area contributed by atoms with Crippen LogP contribution in [0.2, 0.25) is 5.02 Å². The number of furan rings is 1.